The molecule has 16 heavy (non-hydrogen) atoms. The van der Waals surface area contributed by atoms with E-state index < -0.39 is 0 Å². The Bertz CT molecular complexity index is 426. The number of likely N-dealkylation sites (N-methyl/N-ethyl adjacent to an activating group) is 1. The van der Waals surface area contributed by atoms with Crippen LogP contribution in [0, 0.1) is 0 Å². The lowest BCUT2D eigenvalue weighted by atomic mass is 9.99. The third-order valence-electron chi connectivity index (χ3n) is 3.25. The van der Waals surface area contributed by atoms with Gasteiger partial charge in [0.1, 0.15) is 6.10 Å². The van der Waals surface area contributed by atoms with E-state index in [1.807, 2.05) is 25.2 Å². The molecule has 1 heterocycles. The standard InChI is InChI=1S/C13H15NO2/c1-14-11-5-3-2-4-9(11)8-12(13(14)15)16-10-6-7-10/h2-5,10,12H,6-8H2,1H3. The Balaban J connectivity index is 1.88. The maximum atomic E-state index is 12.1. The number of fused-ring (bicyclic) bond motifs is 1. The molecule has 3 nitrogen and oxygen atoms in total. The van der Waals surface area contributed by atoms with Crippen LogP contribution < -0.4 is 4.90 Å². The lowest BCUT2D eigenvalue weighted by molar-refractivity contribution is -0.131. The summed E-state index contributed by atoms with van der Waals surface area (Å²) in [6, 6.07) is 8.03. The van der Waals surface area contributed by atoms with E-state index in [9.17, 15) is 4.79 Å². The van der Waals surface area contributed by atoms with Crippen LogP contribution in [0.5, 0.6) is 0 Å². The van der Waals surface area contributed by atoms with Gasteiger partial charge in [0.2, 0.25) is 0 Å². The summed E-state index contributed by atoms with van der Waals surface area (Å²) in [6.07, 6.45) is 2.99. The molecular formula is C13H15NO2. The average Bonchev–Trinajstić information content (AvgIpc) is 3.10. The van der Waals surface area contributed by atoms with Gasteiger partial charge in [-0.15, -0.1) is 0 Å². The normalized spacial score (nSPS) is 24.4. The van der Waals surface area contributed by atoms with Crippen LogP contribution in [0.25, 0.3) is 0 Å². The number of carbonyl (C=O) groups is 1. The van der Waals surface area contributed by atoms with Crippen LogP contribution in [0.4, 0.5) is 5.69 Å². The minimum Gasteiger partial charge on any atom is -0.365 e. The first-order valence-corrected chi connectivity index (χ1v) is 5.76. The van der Waals surface area contributed by atoms with E-state index >= 15 is 0 Å². The van der Waals surface area contributed by atoms with E-state index in [0.29, 0.717) is 6.10 Å². The lowest BCUT2D eigenvalue weighted by Crippen LogP contribution is -2.43. The summed E-state index contributed by atoms with van der Waals surface area (Å²) in [5, 5.41) is 0. The van der Waals surface area contributed by atoms with Gasteiger partial charge in [-0.2, -0.15) is 0 Å². The van der Waals surface area contributed by atoms with Crippen LogP contribution in [0.3, 0.4) is 0 Å². The zero-order valence-electron chi connectivity index (χ0n) is 9.35. The second-order valence-corrected chi connectivity index (χ2v) is 4.55. The first kappa shape index (κ1) is 9.85. The Hall–Kier alpha value is -1.35. The first-order valence-electron chi connectivity index (χ1n) is 5.76. The fourth-order valence-corrected chi connectivity index (χ4v) is 2.18. The van der Waals surface area contributed by atoms with Crippen molar-refractivity contribution < 1.29 is 9.53 Å². The fourth-order valence-electron chi connectivity index (χ4n) is 2.18. The molecule has 3 rings (SSSR count). The van der Waals surface area contributed by atoms with Gasteiger partial charge in [0.25, 0.3) is 5.91 Å². The SMILES string of the molecule is CN1C(=O)C(OC2CC2)Cc2ccccc21. The molecule has 1 fully saturated rings. The van der Waals surface area contributed by atoms with Crippen molar-refractivity contribution in [3.05, 3.63) is 29.8 Å². The molecule has 1 aromatic rings. The highest BCUT2D eigenvalue weighted by atomic mass is 16.5. The minimum atomic E-state index is -0.271. The average molecular weight is 217 g/mol. The van der Waals surface area contributed by atoms with Gasteiger partial charge in [-0.05, 0) is 24.5 Å². The second kappa shape index (κ2) is 3.59. The van der Waals surface area contributed by atoms with Crippen molar-refractivity contribution in [2.75, 3.05) is 11.9 Å². The summed E-state index contributed by atoms with van der Waals surface area (Å²) in [7, 11) is 1.82. The molecule has 84 valence electrons. The molecule has 1 saturated carbocycles. The van der Waals surface area contributed by atoms with E-state index in [-0.39, 0.29) is 12.0 Å². The van der Waals surface area contributed by atoms with Crippen LogP contribution in [0.1, 0.15) is 18.4 Å². The van der Waals surface area contributed by atoms with Crippen LogP contribution in [-0.2, 0) is 16.0 Å². The van der Waals surface area contributed by atoms with Crippen molar-refractivity contribution in [2.45, 2.75) is 31.5 Å². The number of amides is 1. The molecule has 0 radical (unpaired) electrons. The summed E-state index contributed by atoms with van der Waals surface area (Å²) in [4.78, 5) is 13.8. The summed E-state index contributed by atoms with van der Waals surface area (Å²) in [5.74, 6) is 0.0885. The summed E-state index contributed by atoms with van der Waals surface area (Å²) in [5.41, 5.74) is 2.22. The molecule has 3 heteroatoms. The van der Waals surface area contributed by atoms with Gasteiger partial charge in [-0.25, -0.2) is 0 Å². The highest BCUT2D eigenvalue weighted by Gasteiger charge is 2.35. The van der Waals surface area contributed by atoms with Crippen molar-refractivity contribution in [3.8, 4) is 0 Å². The number of nitrogens with zero attached hydrogens (tertiary/aromatic N) is 1. The van der Waals surface area contributed by atoms with E-state index in [0.717, 1.165) is 24.9 Å². The van der Waals surface area contributed by atoms with Crippen molar-refractivity contribution in [1.82, 2.24) is 0 Å². The first-order chi connectivity index (χ1) is 7.75. The zero-order chi connectivity index (χ0) is 11.1. The predicted molar refractivity (Wildman–Crippen MR) is 61.5 cm³/mol. The molecule has 0 bridgehead atoms. The Morgan fingerprint density at radius 2 is 2.06 bits per heavy atom. The third-order valence-corrected chi connectivity index (χ3v) is 3.25. The van der Waals surface area contributed by atoms with Crippen molar-refractivity contribution in [2.24, 2.45) is 0 Å². The number of hydrogen-bond donors (Lipinski definition) is 0. The minimum absolute atomic E-state index is 0.0885. The molecule has 1 aliphatic carbocycles. The Morgan fingerprint density at radius 3 is 2.81 bits per heavy atom. The smallest absolute Gasteiger partial charge is 0.256 e. The quantitative estimate of drug-likeness (QED) is 0.755. The summed E-state index contributed by atoms with van der Waals surface area (Å²) >= 11 is 0. The molecule has 1 amide bonds. The molecule has 1 aliphatic heterocycles. The molecule has 1 atom stereocenters. The monoisotopic (exact) mass is 217 g/mol. The van der Waals surface area contributed by atoms with E-state index in [2.05, 4.69) is 6.07 Å². The van der Waals surface area contributed by atoms with Gasteiger partial charge < -0.3 is 9.64 Å². The third kappa shape index (κ3) is 1.61. The van der Waals surface area contributed by atoms with E-state index in [4.69, 9.17) is 4.74 Å². The highest BCUT2D eigenvalue weighted by molar-refractivity contribution is 5.99. The number of para-hydroxylation sites is 1. The van der Waals surface area contributed by atoms with Crippen LogP contribution in [0.2, 0.25) is 0 Å². The van der Waals surface area contributed by atoms with Gasteiger partial charge in [-0.1, -0.05) is 18.2 Å². The molecule has 2 aliphatic rings. The van der Waals surface area contributed by atoms with Crippen LogP contribution in [0.15, 0.2) is 24.3 Å². The van der Waals surface area contributed by atoms with Crippen molar-refractivity contribution in [1.29, 1.82) is 0 Å². The van der Waals surface area contributed by atoms with Gasteiger partial charge in [0.15, 0.2) is 0 Å². The van der Waals surface area contributed by atoms with E-state index in [1.54, 1.807) is 4.90 Å². The summed E-state index contributed by atoms with van der Waals surface area (Å²) in [6.45, 7) is 0. The van der Waals surface area contributed by atoms with Gasteiger partial charge in [-0.3, -0.25) is 4.79 Å². The number of anilines is 1. The predicted octanol–water partition coefficient (Wildman–Crippen LogP) is 1.75. The second-order valence-electron chi connectivity index (χ2n) is 4.55. The summed E-state index contributed by atoms with van der Waals surface area (Å²) < 4.78 is 5.75. The topological polar surface area (TPSA) is 29.5 Å². The molecule has 1 unspecified atom stereocenters. The number of benzene rings is 1. The Labute approximate surface area is 95.0 Å². The molecular weight excluding hydrogens is 202 g/mol. The molecule has 1 aromatic carbocycles. The maximum Gasteiger partial charge on any atom is 0.256 e. The highest BCUT2D eigenvalue weighted by Crippen LogP contribution is 2.32. The van der Waals surface area contributed by atoms with Crippen molar-refractivity contribution in [3.63, 3.8) is 0 Å². The zero-order valence-corrected chi connectivity index (χ0v) is 9.35. The van der Waals surface area contributed by atoms with Crippen LogP contribution in [-0.4, -0.2) is 25.2 Å². The van der Waals surface area contributed by atoms with Crippen molar-refractivity contribution >= 4 is 11.6 Å². The van der Waals surface area contributed by atoms with E-state index in [1.165, 1.54) is 5.56 Å². The fraction of sp³-hybridized carbons (Fsp3) is 0.462. The number of ether oxygens (including phenoxy) is 1. The number of hydrogen-bond acceptors (Lipinski definition) is 2. The molecule has 0 aromatic heterocycles. The molecule has 0 saturated heterocycles. The van der Waals surface area contributed by atoms with Crippen LogP contribution >= 0.6 is 0 Å². The molecule has 0 N–H and O–H groups in total. The Kier molecular flexibility index (Phi) is 2.21. The number of rotatable bonds is 2. The van der Waals surface area contributed by atoms with Gasteiger partial charge in [0.05, 0.1) is 6.10 Å². The van der Waals surface area contributed by atoms with Gasteiger partial charge in [0, 0.05) is 19.2 Å². The lowest BCUT2D eigenvalue weighted by Gasteiger charge is -2.31. The van der Waals surface area contributed by atoms with Gasteiger partial charge >= 0.3 is 0 Å². The number of carbonyl (C=O) groups excluding carboxylic acids is 1. The largest absolute Gasteiger partial charge is 0.365 e. The Morgan fingerprint density at radius 1 is 1.31 bits per heavy atom. The molecule has 0 spiro atoms. The maximum absolute atomic E-state index is 12.1.